The van der Waals surface area contributed by atoms with Crippen molar-refractivity contribution in [2.45, 2.75) is 97.6 Å². The number of nitrogens with one attached hydrogen (secondary N) is 3. The fourth-order valence-electron chi connectivity index (χ4n) is 3.88. The molecular formula is C22H40N4O5. The van der Waals surface area contributed by atoms with Crippen LogP contribution in [0.4, 0.5) is 0 Å². The molecule has 1 heterocycles. The minimum atomic E-state index is -0.747. The van der Waals surface area contributed by atoms with Gasteiger partial charge < -0.3 is 5.32 Å². The summed E-state index contributed by atoms with van der Waals surface area (Å²) in [5.74, 6) is -1.98. The van der Waals surface area contributed by atoms with E-state index >= 15 is 0 Å². The van der Waals surface area contributed by atoms with Gasteiger partial charge in [-0.2, -0.15) is 0 Å². The highest BCUT2D eigenvalue weighted by Crippen LogP contribution is 2.21. The average Bonchev–Trinajstić information content (AvgIpc) is 2.80. The van der Waals surface area contributed by atoms with E-state index < -0.39 is 23.9 Å². The van der Waals surface area contributed by atoms with Crippen molar-refractivity contribution in [1.29, 1.82) is 0 Å². The van der Waals surface area contributed by atoms with Crippen molar-refractivity contribution in [2.24, 2.45) is 11.8 Å². The fraction of sp³-hybridized carbons (Fsp3) is 0.818. The van der Waals surface area contributed by atoms with Gasteiger partial charge in [0.15, 0.2) is 5.78 Å². The zero-order valence-electron chi connectivity index (χ0n) is 19.4. The molecule has 0 bridgehead atoms. The number of ketones is 1. The molecule has 0 aromatic rings. The third-order valence-corrected chi connectivity index (χ3v) is 6.06. The molecule has 0 radical (unpaired) electrons. The Balaban J connectivity index is 3.00. The molecule has 4 atom stereocenters. The van der Waals surface area contributed by atoms with Crippen molar-refractivity contribution in [3.05, 3.63) is 0 Å². The molecule has 31 heavy (non-hydrogen) atoms. The molecule has 1 fully saturated rings. The minimum Gasteiger partial charge on any atom is -0.344 e. The first-order valence-corrected chi connectivity index (χ1v) is 11.6. The number of amides is 3. The Hall–Kier alpha value is -2.00. The van der Waals surface area contributed by atoms with Crippen LogP contribution in [0.2, 0.25) is 0 Å². The number of hydroxylamine groups is 1. The summed E-state index contributed by atoms with van der Waals surface area (Å²) in [4.78, 5) is 50.5. The molecule has 0 aliphatic carbocycles. The van der Waals surface area contributed by atoms with E-state index in [0.717, 1.165) is 32.1 Å². The van der Waals surface area contributed by atoms with Gasteiger partial charge in [-0.05, 0) is 25.2 Å². The number of carbonyl (C=O) groups is 4. The number of hydrogen-bond acceptors (Lipinski definition) is 6. The van der Waals surface area contributed by atoms with Gasteiger partial charge in [-0.1, -0.05) is 53.4 Å². The molecule has 0 spiro atoms. The third kappa shape index (κ3) is 8.22. The maximum absolute atomic E-state index is 13.3. The lowest BCUT2D eigenvalue weighted by Crippen LogP contribution is -2.62. The molecule has 0 aromatic carbocycles. The Morgan fingerprint density at radius 1 is 1.16 bits per heavy atom. The van der Waals surface area contributed by atoms with Crippen LogP contribution < -0.4 is 16.2 Å². The molecule has 1 aliphatic rings. The van der Waals surface area contributed by atoms with Crippen LogP contribution in [0.25, 0.3) is 0 Å². The van der Waals surface area contributed by atoms with Crippen LogP contribution in [-0.2, 0) is 19.2 Å². The van der Waals surface area contributed by atoms with Gasteiger partial charge in [-0.25, -0.2) is 10.9 Å². The lowest BCUT2D eigenvalue weighted by atomic mass is 9.93. The highest BCUT2D eigenvalue weighted by Gasteiger charge is 2.38. The molecule has 0 saturated carbocycles. The lowest BCUT2D eigenvalue weighted by molar-refractivity contribution is -0.152. The predicted octanol–water partition coefficient (Wildman–Crippen LogP) is 2.08. The summed E-state index contributed by atoms with van der Waals surface area (Å²) in [5, 5.41) is 13.1. The van der Waals surface area contributed by atoms with Crippen molar-refractivity contribution < 1.29 is 24.4 Å². The molecule has 4 N–H and O–H groups in total. The summed E-state index contributed by atoms with van der Waals surface area (Å²) >= 11 is 0. The van der Waals surface area contributed by atoms with E-state index in [-0.39, 0.29) is 29.9 Å². The standard InChI is InChI=1S/C22H40N4O5/c1-5-8-9-11-16(14-19(28)25-31)22(30)26-17(12-10-13-23-26)21(29)24-20(15(4)6-2)18(27)7-3/h15-17,20,23,31H,5-14H2,1-4H3,(H,24,29)(H,25,28)/t15?,16-,17+,20-/m1/s1. The van der Waals surface area contributed by atoms with E-state index in [1.807, 2.05) is 13.8 Å². The van der Waals surface area contributed by atoms with Crippen molar-refractivity contribution in [3.63, 3.8) is 0 Å². The molecule has 9 nitrogen and oxygen atoms in total. The topological polar surface area (TPSA) is 128 Å². The molecule has 1 unspecified atom stereocenters. The van der Waals surface area contributed by atoms with Crippen LogP contribution in [0.1, 0.15) is 85.5 Å². The monoisotopic (exact) mass is 440 g/mol. The van der Waals surface area contributed by atoms with Crippen molar-refractivity contribution in [1.82, 2.24) is 21.2 Å². The molecule has 1 saturated heterocycles. The Bertz CT molecular complexity index is 613. The Kier molecular flexibility index (Phi) is 12.3. The van der Waals surface area contributed by atoms with Gasteiger partial charge in [0.25, 0.3) is 0 Å². The van der Waals surface area contributed by atoms with Gasteiger partial charge >= 0.3 is 0 Å². The Labute approximate surface area is 185 Å². The van der Waals surface area contributed by atoms with E-state index in [1.165, 1.54) is 5.01 Å². The Morgan fingerprint density at radius 2 is 1.87 bits per heavy atom. The second-order valence-electron chi connectivity index (χ2n) is 8.40. The van der Waals surface area contributed by atoms with Crippen molar-refractivity contribution in [2.75, 3.05) is 6.54 Å². The van der Waals surface area contributed by atoms with Crippen LogP contribution in [0, 0.1) is 11.8 Å². The highest BCUT2D eigenvalue weighted by atomic mass is 16.5. The number of Topliss-reactive ketones (excluding diaryl/α,β-unsaturated/α-hetero) is 1. The SMILES string of the molecule is CCCCC[C@H](CC(=O)NO)C(=O)N1NCCC[C@H]1C(=O)N[C@@H](C(=O)CC)C(C)CC. The van der Waals surface area contributed by atoms with Crippen LogP contribution in [0.15, 0.2) is 0 Å². The van der Waals surface area contributed by atoms with Gasteiger partial charge in [-0.15, -0.1) is 0 Å². The van der Waals surface area contributed by atoms with Gasteiger partial charge in [0, 0.05) is 25.3 Å². The largest absolute Gasteiger partial charge is 0.344 e. The maximum Gasteiger partial charge on any atom is 0.245 e. The molecule has 178 valence electrons. The average molecular weight is 441 g/mol. The van der Waals surface area contributed by atoms with Crippen LogP contribution >= 0.6 is 0 Å². The molecule has 0 aromatic heterocycles. The van der Waals surface area contributed by atoms with Crippen LogP contribution in [-0.4, -0.2) is 52.3 Å². The summed E-state index contributed by atoms with van der Waals surface area (Å²) in [6, 6.07) is -1.33. The lowest BCUT2D eigenvalue weighted by Gasteiger charge is -2.38. The maximum atomic E-state index is 13.3. The normalized spacial score (nSPS) is 19.3. The van der Waals surface area contributed by atoms with E-state index in [9.17, 15) is 19.2 Å². The second kappa shape index (κ2) is 14.1. The zero-order valence-corrected chi connectivity index (χ0v) is 19.4. The van der Waals surface area contributed by atoms with E-state index in [0.29, 0.717) is 25.8 Å². The number of rotatable bonds is 13. The first-order chi connectivity index (χ1) is 14.8. The zero-order chi connectivity index (χ0) is 23.4. The first kappa shape index (κ1) is 27.0. The highest BCUT2D eigenvalue weighted by molar-refractivity contribution is 5.93. The summed E-state index contributed by atoms with van der Waals surface area (Å²) in [7, 11) is 0. The quantitative estimate of drug-likeness (QED) is 0.197. The van der Waals surface area contributed by atoms with Crippen LogP contribution in [0.3, 0.4) is 0 Å². The van der Waals surface area contributed by atoms with Crippen molar-refractivity contribution >= 4 is 23.5 Å². The Morgan fingerprint density at radius 3 is 2.45 bits per heavy atom. The van der Waals surface area contributed by atoms with Crippen LogP contribution in [0.5, 0.6) is 0 Å². The number of hydrogen-bond donors (Lipinski definition) is 4. The van der Waals surface area contributed by atoms with E-state index in [4.69, 9.17) is 5.21 Å². The first-order valence-electron chi connectivity index (χ1n) is 11.6. The molecule has 1 aliphatic heterocycles. The molecular weight excluding hydrogens is 400 g/mol. The summed E-state index contributed by atoms with van der Waals surface area (Å²) in [6.07, 6.45) is 5.30. The third-order valence-electron chi connectivity index (χ3n) is 6.06. The minimum absolute atomic E-state index is 0.00727. The molecule has 3 amide bonds. The van der Waals surface area contributed by atoms with Gasteiger partial charge in [-0.3, -0.25) is 29.4 Å². The second-order valence-corrected chi connectivity index (χ2v) is 8.40. The number of nitrogens with zero attached hydrogens (tertiary/aromatic N) is 1. The smallest absolute Gasteiger partial charge is 0.245 e. The number of carbonyl (C=O) groups excluding carboxylic acids is 4. The van der Waals surface area contributed by atoms with E-state index in [2.05, 4.69) is 17.7 Å². The van der Waals surface area contributed by atoms with Gasteiger partial charge in [0.1, 0.15) is 6.04 Å². The van der Waals surface area contributed by atoms with Gasteiger partial charge in [0.2, 0.25) is 17.7 Å². The van der Waals surface area contributed by atoms with E-state index in [1.54, 1.807) is 12.4 Å². The number of unbranched alkanes of at least 4 members (excludes halogenated alkanes) is 2. The summed E-state index contributed by atoms with van der Waals surface area (Å²) in [6.45, 7) is 8.27. The fourth-order valence-corrected chi connectivity index (χ4v) is 3.88. The molecule has 9 heteroatoms. The number of hydrazine groups is 1. The summed E-state index contributed by atoms with van der Waals surface area (Å²) in [5.41, 5.74) is 4.61. The van der Waals surface area contributed by atoms with Crippen molar-refractivity contribution in [3.8, 4) is 0 Å². The summed E-state index contributed by atoms with van der Waals surface area (Å²) < 4.78 is 0. The van der Waals surface area contributed by atoms with Gasteiger partial charge in [0.05, 0.1) is 6.04 Å². The predicted molar refractivity (Wildman–Crippen MR) is 117 cm³/mol. The molecule has 1 rings (SSSR count).